The second-order valence-electron chi connectivity index (χ2n) is 7.41. The third kappa shape index (κ3) is 4.45. The van der Waals surface area contributed by atoms with Gasteiger partial charge in [-0.3, -0.25) is 9.59 Å². The molecule has 1 aliphatic heterocycles. The first-order chi connectivity index (χ1) is 16.6. The molecule has 0 radical (unpaired) electrons. The highest BCUT2D eigenvalue weighted by Crippen LogP contribution is 2.36. The molecule has 0 fully saturated rings. The van der Waals surface area contributed by atoms with Crippen LogP contribution in [0.25, 0.3) is 5.57 Å². The lowest BCUT2D eigenvalue weighted by Gasteiger charge is -2.16. The van der Waals surface area contributed by atoms with E-state index in [4.69, 9.17) is 14.2 Å². The summed E-state index contributed by atoms with van der Waals surface area (Å²) in [4.78, 5) is 28.2. The van der Waals surface area contributed by atoms with Crippen molar-refractivity contribution >= 4 is 28.8 Å². The molecule has 2 amide bonds. The Morgan fingerprint density at radius 1 is 0.794 bits per heavy atom. The summed E-state index contributed by atoms with van der Waals surface area (Å²) >= 11 is 0. The van der Waals surface area contributed by atoms with E-state index in [1.165, 1.54) is 4.90 Å². The van der Waals surface area contributed by atoms with Crippen LogP contribution in [0.2, 0.25) is 0 Å². The monoisotopic (exact) mass is 458 g/mol. The third-order valence-electron chi connectivity index (χ3n) is 5.29. The Hall–Kier alpha value is -4.26. The topological polar surface area (TPSA) is 77.1 Å². The molecule has 3 aromatic rings. The summed E-state index contributed by atoms with van der Waals surface area (Å²) in [6.07, 6.45) is 0. The average molecular weight is 459 g/mol. The maximum atomic E-state index is 13.5. The molecule has 0 aromatic heterocycles. The summed E-state index contributed by atoms with van der Waals surface area (Å²) in [6, 6.07) is 21.2. The summed E-state index contributed by atoms with van der Waals surface area (Å²) < 4.78 is 16.6. The number of imide groups is 1. The predicted octanol–water partition coefficient (Wildman–Crippen LogP) is 4.89. The van der Waals surface area contributed by atoms with Crippen LogP contribution in [0.3, 0.4) is 0 Å². The zero-order chi connectivity index (χ0) is 24.1. The minimum Gasteiger partial charge on any atom is -0.497 e. The third-order valence-corrected chi connectivity index (χ3v) is 5.29. The van der Waals surface area contributed by atoms with Crippen LogP contribution in [-0.2, 0) is 9.59 Å². The molecule has 34 heavy (non-hydrogen) atoms. The Balaban J connectivity index is 1.78. The first kappa shape index (κ1) is 22.9. The molecule has 0 aliphatic carbocycles. The fourth-order valence-electron chi connectivity index (χ4n) is 3.76. The molecule has 0 spiro atoms. The normalized spacial score (nSPS) is 13.3. The van der Waals surface area contributed by atoms with Crippen LogP contribution in [0.5, 0.6) is 17.2 Å². The molecule has 4 rings (SSSR count). The van der Waals surface area contributed by atoms with Crippen LogP contribution in [0.4, 0.5) is 11.4 Å². The van der Waals surface area contributed by atoms with Gasteiger partial charge < -0.3 is 19.5 Å². The standard InChI is InChI=1S/C27H26N2O5/c1-4-33-22-16-13-19(17-23(22)34-5-2)28-25-24(18-11-14-21(32-3)15-12-18)26(30)29(27(25)31)20-9-7-6-8-10-20/h6-17,28H,4-5H2,1-3H3. The van der Waals surface area contributed by atoms with E-state index in [0.717, 1.165) is 0 Å². The Labute approximate surface area is 198 Å². The van der Waals surface area contributed by atoms with Crippen LogP contribution >= 0.6 is 0 Å². The summed E-state index contributed by atoms with van der Waals surface area (Å²) in [5, 5.41) is 3.17. The highest BCUT2D eigenvalue weighted by molar-refractivity contribution is 6.46. The molecule has 174 valence electrons. The molecule has 1 aliphatic rings. The Kier molecular flexibility index (Phi) is 6.82. The maximum absolute atomic E-state index is 13.5. The van der Waals surface area contributed by atoms with Crippen molar-refractivity contribution in [1.82, 2.24) is 0 Å². The van der Waals surface area contributed by atoms with Crippen LogP contribution in [0.1, 0.15) is 19.4 Å². The number of ether oxygens (including phenoxy) is 3. The SMILES string of the molecule is CCOc1ccc(NC2=C(c3ccc(OC)cc3)C(=O)N(c3ccccc3)C2=O)cc1OCC. The smallest absolute Gasteiger partial charge is 0.282 e. The maximum Gasteiger partial charge on any atom is 0.282 e. The quantitative estimate of drug-likeness (QED) is 0.460. The zero-order valence-corrected chi connectivity index (χ0v) is 19.3. The molecule has 7 nitrogen and oxygen atoms in total. The summed E-state index contributed by atoms with van der Waals surface area (Å²) in [7, 11) is 1.57. The first-order valence-electron chi connectivity index (χ1n) is 11.1. The molecule has 0 unspecified atom stereocenters. The van der Waals surface area contributed by atoms with Crippen molar-refractivity contribution in [3.8, 4) is 17.2 Å². The van der Waals surface area contributed by atoms with Gasteiger partial charge in [-0.2, -0.15) is 0 Å². The summed E-state index contributed by atoms with van der Waals surface area (Å²) in [5.74, 6) is 0.980. The van der Waals surface area contributed by atoms with Crippen molar-refractivity contribution in [3.05, 3.63) is 84.1 Å². The molecule has 0 saturated carbocycles. The van der Waals surface area contributed by atoms with E-state index in [9.17, 15) is 9.59 Å². The Morgan fingerprint density at radius 3 is 2.12 bits per heavy atom. The summed E-state index contributed by atoms with van der Waals surface area (Å²) in [5.41, 5.74) is 2.18. The number of hydrogen-bond acceptors (Lipinski definition) is 6. The van der Waals surface area contributed by atoms with E-state index in [2.05, 4.69) is 5.32 Å². The molecule has 1 heterocycles. The predicted molar refractivity (Wildman–Crippen MR) is 131 cm³/mol. The van der Waals surface area contributed by atoms with Gasteiger partial charge >= 0.3 is 0 Å². The van der Waals surface area contributed by atoms with Crippen molar-refractivity contribution in [2.45, 2.75) is 13.8 Å². The zero-order valence-electron chi connectivity index (χ0n) is 19.3. The van der Waals surface area contributed by atoms with Crippen LogP contribution in [0.15, 0.2) is 78.5 Å². The van der Waals surface area contributed by atoms with Crippen molar-refractivity contribution in [2.75, 3.05) is 30.5 Å². The van der Waals surface area contributed by atoms with Crippen molar-refractivity contribution < 1.29 is 23.8 Å². The van der Waals surface area contributed by atoms with Gasteiger partial charge in [0.2, 0.25) is 0 Å². The number of para-hydroxylation sites is 1. The van der Waals surface area contributed by atoms with Gasteiger partial charge in [0.15, 0.2) is 11.5 Å². The number of amides is 2. The molecule has 0 bridgehead atoms. The minimum absolute atomic E-state index is 0.186. The fraction of sp³-hybridized carbons (Fsp3) is 0.185. The van der Waals surface area contributed by atoms with Crippen molar-refractivity contribution in [3.63, 3.8) is 0 Å². The van der Waals surface area contributed by atoms with Gasteiger partial charge in [0.25, 0.3) is 11.8 Å². The van der Waals surface area contributed by atoms with Crippen LogP contribution in [0, 0.1) is 0 Å². The molecular formula is C27H26N2O5. The highest BCUT2D eigenvalue weighted by atomic mass is 16.5. The second-order valence-corrected chi connectivity index (χ2v) is 7.41. The van der Waals surface area contributed by atoms with Crippen molar-refractivity contribution in [2.24, 2.45) is 0 Å². The number of rotatable bonds is 9. The number of hydrogen-bond donors (Lipinski definition) is 1. The lowest BCUT2D eigenvalue weighted by molar-refractivity contribution is -0.120. The van der Waals surface area contributed by atoms with Gasteiger partial charge in [-0.15, -0.1) is 0 Å². The van der Waals surface area contributed by atoms with Gasteiger partial charge in [-0.1, -0.05) is 30.3 Å². The van der Waals surface area contributed by atoms with Crippen molar-refractivity contribution in [1.29, 1.82) is 0 Å². The van der Waals surface area contributed by atoms with Gasteiger partial charge in [0, 0.05) is 11.8 Å². The highest BCUT2D eigenvalue weighted by Gasteiger charge is 2.40. The van der Waals surface area contributed by atoms with Crippen LogP contribution < -0.4 is 24.4 Å². The van der Waals surface area contributed by atoms with E-state index in [1.807, 2.05) is 19.9 Å². The van der Waals surface area contributed by atoms with E-state index >= 15 is 0 Å². The lowest BCUT2D eigenvalue weighted by Crippen LogP contribution is -2.32. The largest absolute Gasteiger partial charge is 0.497 e. The number of nitrogens with one attached hydrogen (secondary N) is 1. The van der Waals surface area contributed by atoms with Gasteiger partial charge in [0.05, 0.1) is 31.6 Å². The van der Waals surface area contributed by atoms with E-state index < -0.39 is 11.8 Å². The molecule has 0 atom stereocenters. The second kappa shape index (κ2) is 10.1. The number of carbonyl (C=O) groups excluding carboxylic acids is 2. The summed E-state index contributed by atoms with van der Waals surface area (Å²) in [6.45, 7) is 4.74. The Morgan fingerprint density at radius 2 is 1.47 bits per heavy atom. The minimum atomic E-state index is -0.436. The van der Waals surface area contributed by atoms with E-state index in [-0.39, 0.29) is 11.3 Å². The lowest BCUT2D eigenvalue weighted by atomic mass is 10.0. The number of carbonyl (C=O) groups is 2. The molecule has 0 saturated heterocycles. The Bertz CT molecular complexity index is 1220. The fourth-order valence-corrected chi connectivity index (χ4v) is 3.76. The molecule has 7 heteroatoms. The van der Waals surface area contributed by atoms with Gasteiger partial charge in [-0.05, 0) is 55.8 Å². The molecule has 1 N–H and O–H groups in total. The number of benzene rings is 3. The average Bonchev–Trinajstić information content (AvgIpc) is 3.10. The first-order valence-corrected chi connectivity index (χ1v) is 11.1. The van der Waals surface area contributed by atoms with Crippen LogP contribution in [-0.4, -0.2) is 32.1 Å². The van der Waals surface area contributed by atoms with E-state index in [0.29, 0.717) is 47.4 Å². The molecule has 3 aromatic carbocycles. The number of anilines is 2. The number of nitrogens with zero attached hydrogens (tertiary/aromatic N) is 1. The number of methoxy groups -OCH3 is 1. The molecular weight excluding hydrogens is 432 g/mol. The van der Waals surface area contributed by atoms with Gasteiger partial charge in [0.1, 0.15) is 11.4 Å². The van der Waals surface area contributed by atoms with E-state index in [1.54, 1.807) is 73.8 Å². The van der Waals surface area contributed by atoms with Gasteiger partial charge in [-0.25, -0.2) is 4.90 Å².